The third-order valence-corrected chi connectivity index (χ3v) is 3.31. The first-order valence-corrected chi connectivity index (χ1v) is 7.48. The van der Waals surface area contributed by atoms with E-state index in [1.807, 2.05) is 0 Å². The molecule has 0 heterocycles. The summed E-state index contributed by atoms with van der Waals surface area (Å²) in [5, 5.41) is 0. The van der Waals surface area contributed by atoms with Gasteiger partial charge in [0.05, 0.1) is 0 Å². The number of rotatable bonds is 4. The zero-order valence-electron chi connectivity index (χ0n) is 13.3. The lowest BCUT2D eigenvalue weighted by Crippen LogP contribution is -1.90. The van der Waals surface area contributed by atoms with Gasteiger partial charge >= 0.3 is 0 Å². The Morgan fingerprint density at radius 1 is 0.583 bits per heavy atom. The molecule has 24 heavy (non-hydrogen) atoms. The molecular weight excluding hydrogens is 310 g/mol. The van der Waals surface area contributed by atoms with Crippen molar-refractivity contribution in [2.24, 2.45) is 0 Å². The van der Waals surface area contributed by atoms with Gasteiger partial charge in [0, 0.05) is 18.2 Å². The molecule has 0 amide bonds. The maximum Gasteiger partial charge on any atom is 0.131 e. The Balaban J connectivity index is 1.81. The second kappa shape index (κ2) is 6.71. The number of benzene rings is 3. The Labute approximate surface area is 139 Å². The highest BCUT2D eigenvalue weighted by molar-refractivity contribution is 5.40. The van der Waals surface area contributed by atoms with E-state index < -0.39 is 0 Å². The van der Waals surface area contributed by atoms with E-state index in [0.29, 0.717) is 23.0 Å². The van der Waals surface area contributed by atoms with Crippen LogP contribution in [0.5, 0.6) is 23.0 Å². The van der Waals surface area contributed by atoms with Crippen LogP contribution in [0.1, 0.15) is 11.1 Å². The normalized spacial score (nSPS) is 10.5. The quantitative estimate of drug-likeness (QED) is 0.571. The molecule has 0 spiro atoms. The van der Waals surface area contributed by atoms with Gasteiger partial charge in [0.2, 0.25) is 0 Å². The minimum absolute atomic E-state index is 0.354. The van der Waals surface area contributed by atoms with Gasteiger partial charge < -0.3 is 9.47 Å². The fourth-order valence-electron chi connectivity index (χ4n) is 2.40. The molecule has 0 saturated heterocycles. The van der Waals surface area contributed by atoms with Crippen molar-refractivity contribution in [1.29, 1.82) is 0 Å². The summed E-state index contributed by atoms with van der Waals surface area (Å²) in [7, 11) is 0. The first kappa shape index (κ1) is 16.0. The van der Waals surface area contributed by atoms with Gasteiger partial charge in [0.15, 0.2) is 0 Å². The Morgan fingerprint density at radius 2 is 1.04 bits per heavy atom. The van der Waals surface area contributed by atoms with Crippen LogP contribution < -0.4 is 9.47 Å². The molecule has 0 saturated carbocycles. The fraction of sp³-hybridized carbons (Fsp3) is 0.100. The predicted molar refractivity (Wildman–Crippen MR) is 88.9 cm³/mol. The topological polar surface area (TPSA) is 18.5 Å². The smallest absolute Gasteiger partial charge is 0.131 e. The summed E-state index contributed by atoms with van der Waals surface area (Å²) in [5.41, 5.74) is 1.54. The van der Waals surface area contributed by atoms with Crippen LogP contribution in [0.15, 0.2) is 60.7 Å². The summed E-state index contributed by atoms with van der Waals surface area (Å²) in [6.07, 6.45) is 0. The predicted octanol–water partition coefficient (Wildman–Crippen LogP) is 6.17. The first-order valence-electron chi connectivity index (χ1n) is 7.48. The molecule has 0 unspecified atom stereocenters. The van der Waals surface area contributed by atoms with Crippen LogP contribution in [0, 0.1) is 25.5 Å². The highest BCUT2D eigenvalue weighted by atomic mass is 19.1. The van der Waals surface area contributed by atoms with Gasteiger partial charge in [0.1, 0.15) is 34.6 Å². The number of halogens is 2. The lowest BCUT2D eigenvalue weighted by molar-refractivity contribution is 0.455. The third kappa shape index (κ3) is 4.10. The first-order chi connectivity index (χ1) is 11.5. The molecule has 122 valence electrons. The minimum atomic E-state index is -0.354. The zero-order chi connectivity index (χ0) is 17.1. The zero-order valence-corrected chi connectivity index (χ0v) is 13.3. The highest BCUT2D eigenvalue weighted by Crippen LogP contribution is 2.29. The summed E-state index contributed by atoms with van der Waals surface area (Å²) in [6, 6.07) is 15.9. The van der Waals surface area contributed by atoms with Gasteiger partial charge in [-0.25, -0.2) is 8.78 Å². The minimum Gasteiger partial charge on any atom is -0.457 e. The molecule has 0 aliphatic rings. The van der Waals surface area contributed by atoms with Gasteiger partial charge in [-0.1, -0.05) is 6.07 Å². The van der Waals surface area contributed by atoms with Crippen molar-refractivity contribution < 1.29 is 18.3 Å². The molecule has 0 atom stereocenters. The molecule has 3 aromatic carbocycles. The molecule has 0 N–H and O–H groups in total. The van der Waals surface area contributed by atoms with E-state index in [-0.39, 0.29) is 11.6 Å². The van der Waals surface area contributed by atoms with Crippen molar-refractivity contribution in [3.63, 3.8) is 0 Å². The molecule has 0 radical (unpaired) electrons. The van der Waals surface area contributed by atoms with Crippen molar-refractivity contribution in [1.82, 2.24) is 0 Å². The number of hydrogen-bond donors (Lipinski definition) is 0. The maximum atomic E-state index is 13.4. The van der Waals surface area contributed by atoms with Crippen LogP contribution in [0.3, 0.4) is 0 Å². The van der Waals surface area contributed by atoms with Crippen LogP contribution in [-0.2, 0) is 0 Å². The molecule has 4 heteroatoms. The molecule has 0 aliphatic heterocycles. The van der Waals surface area contributed by atoms with Gasteiger partial charge in [-0.15, -0.1) is 0 Å². The lowest BCUT2D eigenvalue weighted by Gasteiger charge is -2.10. The van der Waals surface area contributed by atoms with Crippen LogP contribution in [0.2, 0.25) is 0 Å². The van der Waals surface area contributed by atoms with Crippen LogP contribution in [0.25, 0.3) is 0 Å². The third-order valence-electron chi connectivity index (χ3n) is 3.31. The second-order valence-corrected chi connectivity index (χ2v) is 5.61. The molecule has 0 fully saturated rings. The van der Waals surface area contributed by atoms with Crippen molar-refractivity contribution >= 4 is 0 Å². The average molecular weight is 326 g/mol. The summed E-state index contributed by atoms with van der Waals surface area (Å²) in [6.45, 7) is 3.59. The Kier molecular flexibility index (Phi) is 4.47. The largest absolute Gasteiger partial charge is 0.457 e. The number of ether oxygens (including phenoxy) is 2. The summed E-state index contributed by atoms with van der Waals surface area (Å²) in [4.78, 5) is 0. The molecule has 2 nitrogen and oxygen atoms in total. The fourth-order valence-corrected chi connectivity index (χ4v) is 2.40. The summed E-state index contributed by atoms with van der Waals surface area (Å²) in [5.74, 6) is 1.12. The van der Waals surface area contributed by atoms with Crippen LogP contribution in [-0.4, -0.2) is 0 Å². The Hall–Kier alpha value is -2.88. The highest BCUT2D eigenvalue weighted by Gasteiger charge is 2.05. The molecule has 3 aromatic rings. The van der Waals surface area contributed by atoms with E-state index in [2.05, 4.69) is 0 Å². The van der Waals surface area contributed by atoms with Gasteiger partial charge in [-0.2, -0.15) is 0 Å². The molecule has 0 aliphatic carbocycles. The lowest BCUT2D eigenvalue weighted by atomic mass is 10.2. The summed E-state index contributed by atoms with van der Waals surface area (Å²) >= 11 is 0. The van der Waals surface area contributed by atoms with Crippen molar-refractivity contribution in [3.05, 3.63) is 83.4 Å². The molecule has 3 rings (SSSR count). The van der Waals surface area contributed by atoms with Crippen LogP contribution in [0.4, 0.5) is 8.78 Å². The van der Waals surface area contributed by atoms with Crippen molar-refractivity contribution in [3.8, 4) is 23.0 Å². The SMILES string of the molecule is Cc1cc(F)cc(Oc2cccc(Oc3cc(C)cc(F)c3)c2)c1. The van der Waals surface area contributed by atoms with E-state index in [9.17, 15) is 8.78 Å². The monoisotopic (exact) mass is 326 g/mol. The number of aryl methyl sites for hydroxylation is 2. The van der Waals surface area contributed by atoms with Crippen LogP contribution >= 0.6 is 0 Å². The van der Waals surface area contributed by atoms with E-state index >= 15 is 0 Å². The molecule has 0 bridgehead atoms. The number of hydrogen-bond acceptors (Lipinski definition) is 2. The molecule has 0 aromatic heterocycles. The van der Waals surface area contributed by atoms with E-state index in [1.54, 1.807) is 50.2 Å². The van der Waals surface area contributed by atoms with E-state index in [0.717, 1.165) is 11.1 Å². The second-order valence-electron chi connectivity index (χ2n) is 5.61. The van der Waals surface area contributed by atoms with Gasteiger partial charge in [-0.3, -0.25) is 0 Å². The Morgan fingerprint density at radius 3 is 1.46 bits per heavy atom. The maximum absolute atomic E-state index is 13.4. The average Bonchev–Trinajstić information content (AvgIpc) is 2.45. The van der Waals surface area contributed by atoms with Crippen molar-refractivity contribution in [2.75, 3.05) is 0 Å². The van der Waals surface area contributed by atoms with E-state index in [1.165, 1.54) is 24.3 Å². The standard InChI is InChI=1S/C20H16F2O2/c1-13-6-15(21)10-19(8-13)23-17-4-3-5-18(12-17)24-20-9-14(2)7-16(22)11-20/h3-12H,1-2H3. The van der Waals surface area contributed by atoms with Crippen molar-refractivity contribution in [2.45, 2.75) is 13.8 Å². The summed E-state index contributed by atoms with van der Waals surface area (Å²) < 4.78 is 38.2. The molecular formula is C20H16F2O2. The Bertz CT molecular complexity index is 766. The van der Waals surface area contributed by atoms with Gasteiger partial charge in [0.25, 0.3) is 0 Å². The van der Waals surface area contributed by atoms with Gasteiger partial charge in [-0.05, 0) is 61.4 Å². The van der Waals surface area contributed by atoms with E-state index in [4.69, 9.17) is 9.47 Å².